The van der Waals surface area contributed by atoms with Crippen molar-refractivity contribution in [3.63, 3.8) is 0 Å². The monoisotopic (exact) mass is 258 g/mol. The number of hydrogen-bond donors (Lipinski definition) is 2. The molecule has 0 aliphatic heterocycles. The fourth-order valence-corrected chi connectivity index (χ4v) is 2.02. The maximum Gasteiger partial charge on any atom is 0.0316 e. The lowest BCUT2D eigenvalue weighted by molar-refractivity contribution is 0.918. The first-order valence-electron chi connectivity index (χ1n) is 6.91. The Morgan fingerprint density at radius 2 is 1.95 bits per heavy atom. The predicted octanol–water partition coefficient (Wildman–Crippen LogP) is 4.10. The van der Waals surface area contributed by atoms with Gasteiger partial charge < -0.3 is 11.5 Å². The molecule has 0 heterocycles. The molecule has 2 nitrogen and oxygen atoms in total. The van der Waals surface area contributed by atoms with E-state index in [4.69, 9.17) is 11.5 Å². The van der Waals surface area contributed by atoms with Crippen LogP contribution in [0.25, 0.3) is 0 Å². The van der Waals surface area contributed by atoms with E-state index < -0.39 is 0 Å². The highest BCUT2D eigenvalue weighted by Gasteiger charge is 2.01. The van der Waals surface area contributed by atoms with Crippen molar-refractivity contribution in [3.8, 4) is 0 Å². The molecule has 0 spiro atoms. The van der Waals surface area contributed by atoms with Gasteiger partial charge in [0.25, 0.3) is 0 Å². The zero-order valence-electron chi connectivity index (χ0n) is 12.6. The SMILES string of the molecule is CC/C(N)=C\C(C)=C(/C)CCc1ccc(N)cc1C. The van der Waals surface area contributed by atoms with E-state index in [0.29, 0.717) is 0 Å². The average molecular weight is 258 g/mol. The molecule has 0 aliphatic rings. The minimum atomic E-state index is 0.836. The van der Waals surface area contributed by atoms with Gasteiger partial charge in [-0.25, -0.2) is 0 Å². The molecule has 0 aromatic heterocycles. The molecule has 1 aromatic carbocycles. The topological polar surface area (TPSA) is 52.0 Å². The Balaban J connectivity index is 2.73. The Labute approximate surface area is 117 Å². The van der Waals surface area contributed by atoms with Crippen LogP contribution in [0.5, 0.6) is 0 Å². The quantitative estimate of drug-likeness (QED) is 0.617. The van der Waals surface area contributed by atoms with Crippen LogP contribution in [0.1, 0.15) is 44.7 Å². The fourth-order valence-electron chi connectivity index (χ4n) is 2.02. The lowest BCUT2D eigenvalue weighted by Crippen LogP contribution is -1.97. The van der Waals surface area contributed by atoms with Gasteiger partial charge in [0.05, 0.1) is 0 Å². The van der Waals surface area contributed by atoms with E-state index in [2.05, 4.69) is 39.8 Å². The van der Waals surface area contributed by atoms with E-state index in [1.54, 1.807) is 0 Å². The number of nitrogens with two attached hydrogens (primary N) is 2. The second kappa shape index (κ2) is 7.03. The molecule has 19 heavy (non-hydrogen) atoms. The van der Waals surface area contributed by atoms with Gasteiger partial charge in [0.15, 0.2) is 0 Å². The van der Waals surface area contributed by atoms with Crippen LogP contribution in [0.15, 0.2) is 41.1 Å². The molecule has 104 valence electrons. The maximum atomic E-state index is 5.87. The van der Waals surface area contributed by atoms with E-state index in [-0.39, 0.29) is 0 Å². The van der Waals surface area contributed by atoms with Crippen molar-refractivity contribution in [2.75, 3.05) is 5.73 Å². The number of anilines is 1. The van der Waals surface area contributed by atoms with Crippen molar-refractivity contribution < 1.29 is 0 Å². The summed E-state index contributed by atoms with van der Waals surface area (Å²) in [5.41, 5.74) is 18.7. The molecule has 0 fully saturated rings. The van der Waals surface area contributed by atoms with Gasteiger partial charge >= 0.3 is 0 Å². The lowest BCUT2D eigenvalue weighted by atomic mass is 9.98. The van der Waals surface area contributed by atoms with Crippen LogP contribution in [0.4, 0.5) is 5.69 Å². The molecular formula is C17H26N2. The minimum Gasteiger partial charge on any atom is -0.402 e. The van der Waals surface area contributed by atoms with E-state index in [1.807, 2.05) is 12.1 Å². The zero-order chi connectivity index (χ0) is 14.4. The van der Waals surface area contributed by atoms with Gasteiger partial charge in [0, 0.05) is 11.4 Å². The Morgan fingerprint density at radius 3 is 2.53 bits per heavy atom. The van der Waals surface area contributed by atoms with Gasteiger partial charge in [-0.1, -0.05) is 24.1 Å². The van der Waals surface area contributed by atoms with E-state index in [0.717, 1.165) is 30.6 Å². The third-order valence-electron chi connectivity index (χ3n) is 3.62. The molecule has 0 amide bonds. The van der Waals surface area contributed by atoms with Crippen LogP contribution in [0.2, 0.25) is 0 Å². The summed E-state index contributed by atoms with van der Waals surface area (Å²) in [5, 5.41) is 0. The van der Waals surface area contributed by atoms with Crippen LogP contribution in [0.3, 0.4) is 0 Å². The Bertz CT molecular complexity index is 496. The first-order valence-corrected chi connectivity index (χ1v) is 6.91. The summed E-state index contributed by atoms with van der Waals surface area (Å²) < 4.78 is 0. The van der Waals surface area contributed by atoms with Crippen LogP contribution in [-0.2, 0) is 6.42 Å². The lowest BCUT2D eigenvalue weighted by Gasteiger charge is -2.09. The number of aryl methyl sites for hydroxylation is 2. The smallest absolute Gasteiger partial charge is 0.0316 e. The minimum absolute atomic E-state index is 0.836. The highest BCUT2D eigenvalue weighted by atomic mass is 14.6. The number of rotatable bonds is 5. The van der Waals surface area contributed by atoms with Crippen LogP contribution in [-0.4, -0.2) is 0 Å². The van der Waals surface area contributed by atoms with Gasteiger partial charge in [-0.05, 0) is 69.4 Å². The Morgan fingerprint density at radius 1 is 1.26 bits per heavy atom. The van der Waals surface area contributed by atoms with Crippen molar-refractivity contribution in [3.05, 3.63) is 52.2 Å². The second-order valence-corrected chi connectivity index (χ2v) is 5.22. The summed E-state index contributed by atoms with van der Waals surface area (Å²) in [6, 6.07) is 6.14. The molecule has 2 heteroatoms. The predicted molar refractivity (Wildman–Crippen MR) is 84.8 cm³/mol. The normalized spacial score (nSPS) is 13.4. The Hall–Kier alpha value is -1.70. The van der Waals surface area contributed by atoms with E-state index >= 15 is 0 Å². The van der Waals surface area contributed by atoms with Crippen LogP contribution < -0.4 is 11.5 Å². The van der Waals surface area contributed by atoms with Crippen LogP contribution in [0, 0.1) is 6.92 Å². The Kier molecular flexibility index (Phi) is 5.68. The van der Waals surface area contributed by atoms with Crippen molar-refractivity contribution in [1.82, 2.24) is 0 Å². The number of nitrogen functional groups attached to an aromatic ring is 1. The summed E-state index contributed by atoms with van der Waals surface area (Å²) in [6.45, 7) is 8.51. The first-order chi connectivity index (χ1) is 8.93. The largest absolute Gasteiger partial charge is 0.402 e. The van der Waals surface area contributed by atoms with Crippen molar-refractivity contribution >= 4 is 5.69 Å². The molecular weight excluding hydrogens is 232 g/mol. The third kappa shape index (κ3) is 4.82. The molecule has 1 aromatic rings. The van der Waals surface area contributed by atoms with E-state index in [9.17, 15) is 0 Å². The van der Waals surface area contributed by atoms with E-state index in [1.165, 1.54) is 22.3 Å². The number of allylic oxidation sites excluding steroid dienone is 4. The number of hydrogen-bond acceptors (Lipinski definition) is 2. The molecule has 0 saturated heterocycles. The van der Waals surface area contributed by atoms with Crippen LogP contribution >= 0.6 is 0 Å². The molecule has 0 atom stereocenters. The molecule has 0 unspecified atom stereocenters. The summed E-state index contributed by atoms with van der Waals surface area (Å²) in [7, 11) is 0. The zero-order valence-corrected chi connectivity index (χ0v) is 12.6. The first kappa shape index (κ1) is 15.4. The molecule has 0 bridgehead atoms. The summed E-state index contributed by atoms with van der Waals surface area (Å²) in [6.07, 6.45) is 5.10. The molecule has 0 aliphatic carbocycles. The summed E-state index contributed by atoms with van der Waals surface area (Å²) in [4.78, 5) is 0. The molecule has 4 N–H and O–H groups in total. The second-order valence-electron chi connectivity index (χ2n) is 5.22. The maximum absolute atomic E-state index is 5.87. The summed E-state index contributed by atoms with van der Waals surface area (Å²) in [5.74, 6) is 0. The van der Waals surface area contributed by atoms with Crippen molar-refractivity contribution in [1.29, 1.82) is 0 Å². The van der Waals surface area contributed by atoms with Crippen molar-refractivity contribution in [2.24, 2.45) is 5.73 Å². The average Bonchev–Trinajstić information content (AvgIpc) is 2.37. The summed E-state index contributed by atoms with van der Waals surface area (Å²) >= 11 is 0. The molecule has 0 saturated carbocycles. The van der Waals surface area contributed by atoms with Crippen molar-refractivity contribution in [2.45, 2.75) is 47.0 Å². The third-order valence-corrected chi connectivity index (χ3v) is 3.62. The highest BCUT2D eigenvalue weighted by Crippen LogP contribution is 2.18. The molecule has 0 radical (unpaired) electrons. The number of benzene rings is 1. The van der Waals surface area contributed by atoms with Gasteiger partial charge in [0.2, 0.25) is 0 Å². The van der Waals surface area contributed by atoms with Gasteiger partial charge in [-0.15, -0.1) is 0 Å². The fraction of sp³-hybridized carbons (Fsp3) is 0.412. The van der Waals surface area contributed by atoms with Gasteiger partial charge in [0.1, 0.15) is 0 Å². The standard InChI is InChI=1S/C17H26N2/c1-5-16(18)10-13(3)12(2)6-7-15-8-9-17(19)11-14(15)4/h8-11H,5-7,18-19H2,1-4H3/b13-12+,16-10+. The van der Waals surface area contributed by atoms with Gasteiger partial charge in [-0.2, -0.15) is 0 Å². The molecule has 1 rings (SSSR count). The highest BCUT2D eigenvalue weighted by molar-refractivity contribution is 5.44. The van der Waals surface area contributed by atoms with Gasteiger partial charge in [-0.3, -0.25) is 0 Å².